The third-order valence-corrected chi connectivity index (χ3v) is 7.56. The predicted molar refractivity (Wildman–Crippen MR) is 135 cm³/mol. The zero-order valence-corrected chi connectivity index (χ0v) is 20.7. The zero-order chi connectivity index (χ0) is 26.8. The van der Waals surface area contributed by atoms with Crippen molar-refractivity contribution in [1.82, 2.24) is 0 Å². The lowest BCUT2D eigenvalue weighted by molar-refractivity contribution is -0.127. The molecule has 0 bridgehead atoms. The number of anilines is 1. The molecule has 38 heavy (non-hydrogen) atoms. The number of hydrogen-bond acceptors (Lipinski definition) is 7. The van der Waals surface area contributed by atoms with Crippen molar-refractivity contribution in [2.24, 2.45) is 11.8 Å². The summed E-state index contributed by atoms with van der Waals surface area (Å²) < 4.78 is 11.3. The summed E-state index contributed by atoms with van der Waals surface area (Å²) in [4.78, 5) is 68.6. The summed E-state index contributed by atoms with van der Waals surface area (Å²) in [7, 11) is 0. The van der Waals surface area contributed by atoms with Crippen LogP contribution in [-0.4, -0.2) is 41.6 Å². The molecule has 3 aromatic carbocycles. The molecular formula is C30H23NO7. The highest BCUT2D eigenvalue weighted by Gasteiger charge is 2.74. The summed E-state index contributed by atoms with van der Waals surface area (Å²) in [6.07, 6.45) is -0.983. The predicted octanol–water partition coefficient (Wildman–Crippen LogP) is 3.87. The monoisotopic (exact) mass is 509 g/mol. The maximum absolute atomic E-state index is 14.0. The molecule has 190 valence electrons. The van der Waals surface area contributed by atoms with Gasteiger partial charge in [-0.2, -0.15) is 0 Å². The average molecular weight is 510 g/mol. The molecule has 0 radical (unpaired) electrons. The van der Waals surface area contributed by atoms with Crippen molar-refractivity contribution in [1.29, 1.82) is 0 Å². The fourth-order valence-electron chi connectivity index (χ4n) is 5.79. The third-order valence-electron chi connectivity index (χ3n) is 7.56. The second kappa shape index (κ2) is 8.56. The molecule has 1 aliphatic carbocycles. The van der Waals surface area contributed by atoms with Crippen LogP contribution in [0.2, 0.25) is 0 Å². The number of rotatable bonds is 4. The molecule has 0 N–H and O–H groups in total. The Kier molecular flexibility index (Phi) is 5.39. The van der Waals surface area contributed by atoms with Gasteiger partial charge in [-0.1, -0.05) is 54.1 Å². The average Bonchev–Trinajstić information content (AvgIpc) is 3.49. The molecule has 3 aliphatic rings. The third kappa shape index (κ3) is 3.16. The highest BCUT2D eigenvalue weighted by atomic mass is 16.5. The van der Waals surface area contributed by atoms with E-state index < -0.39 is 52.9 Å². The van der Waals surface area contributed by atoms with Crippen molar-refractivity contribution in [3.8, 4) is 0 Å². The number of esters is 1. The number of aryl methyl sites for hydroxylation is 1. The van der Waals surface area contributed by atoms with Gasteiger partial charge >= 0.3 is 5.97 Å². The van der Waals surface area contributed by atoms with E-state index in [0.717, 1.165) is 10.5 Å². The van der Waals surface area contributed by atoms with Crippen molar-refractivity contribution in [2.75, 3.05) is 11.5 Å². The van der Waals surface area contributed by atoms with Gasteiger partial charge in [-0.25, -0.2) is 9.69 Å². The number of ketones is 2. The highest BCUT2D eigenvalue weighted by Crippen LogP contribution is 2.57. The zero-order valence-electron chi connectivity index (χ0n) is 20.7. The molecule has 0 saturated carbocycles. The van der Waals surface area contributed by atoms with E-state index in [4.69, 9.17) is 9.47 Å². The van der Waals surface area contributed by atoms with Crippen LogP contribution in [0.3, 0.4) is 0 Å². The lowest BCUT2D eigenvalue weighted by atomic mass is 9.77. The quantitative estimate of drug-likeness (QED) is 0.299. The van der Waals surface area contributed by atoms with Gasteiger partial charge in [0.1, 0.15) is 0 Å². The Bertz CT molecular complexity index is 1490. The number of imide groups is 1. The first-order chi connectivity index (χ1) is 18.3. The summed E-state index contributed by atoms with van der Waals surface area (Å²) >= 11 is 0. The molecule has 6 rings (SSSR count). The smallest absolute Gasteiger partial charge is 0.338 e. The molecule has 2 saturated heterocycles. The molecule has 8 heteroatoms. The first-order valence-corrected chi connectivity index (χ1v) is 12.4. The second-order valence-electron chi connectivity index (χ2n) is 9.67. The van der Waals surface area contributed by atoms with E-state index in [1.807, 2.05) is 19.1 Å². The summed E-state index contributed by atoms with van der Waals surface area (Å²) in [5.41, 5.74) is 0.308. The molecule has 0 unspecified atom stereocenters. The number of carbonyl (C=O) groups excluding carboxylic acids is 5. The van der Waals surface area contributed by atoms with E-state index in [-0.39, 0.29) is 29.0 Å². The van der Waals surface area contributed by atoms with Gasteiger partial charge in [0.05, 0.1) is 35.8 Å². The molecule has 1 spiro atoms. The van der Waals surface area contributed by atoms with E-state index in [9.17, 15) is 24.0 Å². The summed E-state index contributed by atoms with van der Waals surface area (Å²) in [6, 6.07) is 19.5. The van der Waals surface area contributed by atoms with Gasteiger partial charge in [0.2, 0.25) is 29.0 Å². The molecule has 8 nitrogen and oxygen atoms in total. The van der Waals surface area contributed by atoms with Crippen molar-refractivity contribution < 1.29 is 33.4 Å². The molecular weight excluding hydrogens is 486 g/mol. The number of Topliss-reactive ketones (excluding diaryl/α,β-unsaturated/α-hetero) is 2. The first-order valence-electron chi connectivity index (χ1n) is 12.4. The number of amides is 2. The minimum absolute atomic E-state index is 0.179. The van der Waals surface area contributed by atoms with Crippen LogP contribution in [0.4, 0.5) is 5.69 Å². The van der Waals surface area contributed by atoms with Gasteiger partial charge in [-0.15, -0.1) is 0 Å². The second-order valence-corrected chi connectivity index (χ2v) is 9.67. The van der Waals surface area contributed by atoms with Crippen molar-refractivity contribution in [3.63, 3.8) is 0 Å². The van der Waals surface area contributed by atoms with Crippen LogP contribution in [0, 0.1) is 18.8 Å². The summed E-state index contributed by atoms with van der Waals surface area (Å²) in [6.45, 7) is 3.81. The summed E-state index contributed by atoms with van der Waals surface area (Å²) in [5.74, 6) is -5.42. The Morgan fingerprint density at radius 1 is 0.868 bits per heavy atom. The van der Waals surface area contributed by atoms with E-state index in [2.05, 4.69) is 0 Å². The molecule has 3 atom stereocenters. The van der Waals surface area contributed by atoms with Crippen LogP contribution >= 0.6 is 0 Å². The Labute approximate surface area is 218 Å². The number of fused-ring (bicyclic) bond motifs is 3. The van der Waals surface area contributed by atoms with Gasteiger partial charge in [0, 0.05) is 11.1 Å². The Morgan fingerprint density at radius 3 is 2.05 bits per heavy atom. The summed E-state index contributed by atoms with van der Waals surface area (Å²) in [5, 5.41) is 0. The van der Waals surface area contributed by atoms with Gasteiger partial charge in [0.15, 0.2) is 0 Å². The maximum atomic E-state index is 14.0. The van der Waals surface area contributed by atoms with Gasteiger partial charge in [-0.05, 0) is 43.7 Å². The molecule has 3 aromatic rings. The Hall–Kier alpha value is -4.43. The van der Waals surface area contributed by atoms with Crippen LogP contribution < -0.4 is 4.90 Å². The number of nitrogens with zero attached hydrogens (tertiary/aromatic N) is 1. The first kappa shape index (κ1) is 23.9. The van der Waals surface area contributed by atoms with E-state index in [1.54, 1.807) is 31.2 Å². The number of ether oxygens (including phenoxy) is 2. The molecule has 0 aromatic heterocycles. The van der Waals surface area contributed by atoms with Gasteiger partial charge < -0.3 is 9.47 Å². The van der Waals surface area contributed by atoms with Crippen molar-refractivity contribution in [2.45, 2.75) is 25.6 Å². The number of carbonyl (C=O) groups is 5. The van der Waals surface area contributed by atoms with Crippen LogP contribution in [0.25, 0.3) is 0 Å². The van der Waals surface area contributed by atoms with Gasteiger partial charge in [-0.3, -0.25) is 19.2 Å². The SMILES string of the molecule is CCOC(=O)c1ccc(N2C(=O)[C@H]3[C@@H](c4ccc(C)cc4)OC4(C(=O)c5ccccc5C4=O)[C@H]3C2=O)cc1. The fourth-order valence-corrected chi connectivity index (χ4v) is 5.79. The Balaban J connectivity index is 1.46. The number of hydrogen-bond donors (Lipinski definition) is 0. The molecule has 2 heterocycles. The number of benzene rings is 3. The lowest BCUT2D eigenvalue weighted by Gasteiger charge is -2.27. The van der Waals surface area contributed by atoms with Crippen molar-refractivity contribution >= 4 is 35.0 Å². The normalized spacial score (nSPS) is 23.2. The standard InChI is InChI=1S/C30H23NO7/c1-3-37-29(36)18-12-14-19(15-13-18)31-27(34)22-23(28(31)35)30(38-24(22)17-10-8-16(2)9-11-17)25(32)20-6-4-5-7-21(20)26(30)33/h4-15,22-24H,3H2,1-2H3/t22-,23-,24-/m1/s1. The van der Waals surface area contributed by atoms with Crippen LogP contribution in [0.15, 0.2) is 72.8 Å². The molecule has 2 fully saturated rings. The minimum Gasteiger partial charge on any atom is -0.462 e. The lowest BCUT2D eigenvalue weighted by Crippen LogP contribution is -2.51. The van der Waals surface area contributed by atoms with Crippen molar-refractivity contribution in [3.05, 3.63) is 101 Å². The van der Waals surface area contributed by atoms with E-state index >= 15 is 0 Å². The highest BCUT2D eigenvalue weighted by molar-refractivity contribution is 6.37. The van der Waals surface area contributed by atoms with Crippen LogP contribution in [0.5, 0.6) is 0 Å². The van der Waals surface area contributed by atoms with Crippen LogP contribution in [-0.2, 0) is 19.1 Å². The molecule has 2 aliphatic heterocycles. The topological polar surface area (TPSA) is 107 Å². The Morgan fingerprint density at radius 2 is 1.47 bits per heavy atom. The van der Waals surface area contributed by atoms with E-state index in [0.29, 0.717) is 5.56 Å². The maximum Gasteiger partial charge on any atom is 0.338 e. The fraction of sp³-hybridized carbons (Fsp3) is 0.233. The largest absolute Gasteiger partial charge is 0.462 e. The minimum atomic E-state index is -2.13. The van der Waals surface area contributed by atoms with Crippen LogP contribution in [0.1, 0.15) is 55.2 Å². The molecule has 2 amide bonds. The van der Waals surface area contributed by atoms with Gasteiger partial charge in [0.25, 0.3) is 0 Å². The van der Waals surface area contributed by atoms with E-state index in [1.165, 1.54) is 36.4 Å².